The summed E-state index contributed by atoms with van der Waals surface area (Å²) in [6.45, 7) is 1.19. The van der Waals surface area contributed by atoms with Crippen molar-refractivity contribution >= 4 is 313 Å². The molecule has 8 aromatic rings. The van der Waals surface area contributed by atoms with Crippen LogP contribution in [0.25, 0.3) is 21.5 Å². The van der Waals surface area contributed by atoms with Crippen molar-refractivity contribution in [1.82, 2.24) is 29.9 Å². The van der Waals surface area contributed by atoms with E-state index >= 15 is 0 Å². The van der Waals surface area contributed by atoms with Gasteiger partial charge < -0.3 is 42.2 Å². The first-order chi connectivity index (χ1) is 39.6. The minimum absolute atomic E-state index is 0. The zero-order valence-corrected chi connectivity index (χ0v) is 63.1. The summed E-state index contributed by atoms with van der Waals surface area (Å²) in [5, 5.41) is 38.4. The predicted molar refractivity (Wildman–Crippen MR) is 331 cm³/mol. The summed E-state index contributed by atoms with van der Waals surface area (Å²) >= 11 is 12.4. The van der Waals surface area contributed by atoms with E-state index in [9.17, 15) is 74.8 Å². The fraction of sp³-hybridized carbons (Fsp3) is 0.114. The number of amides is 2. The van der Waals surface area contributed by atoms with Crippen molar-refractivity contribution in [2.75, 3.05) is 46.8 Å². The van der Waals surface area contributed by atoms with E-state index in [1.54, 1.807) is 13.0 Å². The standard InChI is InChI=1S/C44H38Cl2N16O18S5.5Na/c1-19-8-31(33(80-2)16-29(19)61-59-22-11-27-25(35(13-22)83(71,72)73)4-3-5-34(27)82(68,69)70)52-44-56-39(46)54-42(58-44)49-18-23(63)17-48-41-53-38(45)55-43(57-41)50-21-6-7-28(30(12-21)51-40(47)64)60-62-32-15-26-20(10-37(32)85(77,78)79)9-24(81(65,66)67)14-36(26)84(74,75)76;;;;;/h3-16,23,63H,17-18H2,1-2H3,(H3,47,51,64)(H,65,66,67)(H,68,69,70)(H,71,72,73)(H,74,75,76)(H,77,78,79)(H2,48,50,53,55,57)(H2,49,52,54,56,58);;;;;. The Balaban J connectivity index is 0.00000423. The number of anilines is 7. The number of fused-ring (bicyclic) bond motifs is 2. The number of hydrogen-bond donors (Lipinski definition) is 12. The molecule has 0 saturated heterocycles. The Hall–Kier alpha value is -3.58. The second-order valence-corrected chi connectivity index (χ2v) is 24.9. The van der Waals surface area contributed by atoms with Gasteiger partial charge in [0.15, 0.2) is 0 Å². The van der Waals surface area contributed by atoms with E-state index in [4.69, 9.17) is 33.7 Å². The van der Waals surface area contributed by atoms with Crippen LogP contribution in [0.5, 0.6) is 5.75 Å². The molecule has 2 heterocycles. The molecule has 0 aliphatic rings. The molecule has 1 unspecified atom stereocenters. The van der Waals surface area contributed by atoms with Crippen LogP contribution in [0.1, 0.15) is 5.56 Å². The van der Waals surface area contributed by atoms with Crippen LogP contribution in [-0.2, 0) is 50.6 Å². The maximum Gasteiger partial charge on any atom is 0.316 e. The Bertz CT molecular complexity index is 4760. The average Bonchev–Trinajstić information content (AvgIpc) is 0.886. The van der Waals surface area contributed by atoms with Gasteiger partial charge >= 0.3 is 6.03 Å². The summed E-state index contributed by atoms with van der Waals surface area (Å²) in [5.41, 5.74) is 5.04. The number of hydrogen-bond acceptors (Lipinski definition) is 27. The molecular weight excluding hydrogens is 1390 g/mol. The van der Waals surface area contributed by atoms with Crippen LogP contribution in [0.2, 0.25) is 10.6 Å². The number of benzene rings is 6. The number of nitrogens with two attached hydrogens (primary N) is 1. The number of aryl methyl sites for hydroxylation is 1. The number of aromatic nitrogens is 6. The van der Waals surface area contributed by atoms with Crippen molar-refractivity contribution in [1.29, 1.82) is 0 Å². The Labute approximate surface area is 630 Å². The van der Waals surface area contributed by atoms with E-state index in [0.29, 0.717) is 23.8 Å². The molecule has 46 heteroatoms. The summed E-state index contributed by atoms with van der Waals surface area (Å²) in [6, 6.07) is 13.6. The molecule has 90 heavy (non-hydrogen) atoms. The van der Waals surface area contributed by atoms with Gasteiger partial charge in [-0.2, -0.15) is 82.2 Å². The minimum Gasteiger partial charge on any atom is -0.494 e. The Morgan fingerprint density at radius 3 is 1.62 bits per heavy atom. The summed E-state index contributed by atoms with van der Waals surface area (Å²) in [5.74, 6) is -0.389. The number of urea groups is 1. The number of primary amides is 1. The summed E-state index contributed by atoms with van der Waals surface area (Å²) in [7, 11) is -24.0. The zero-order valence-electron chi connectivity index (χ0n) is 47.5. The summed E-state index contributed by atoms with van der Waals surface area (Å²) < 4.78 is 177. The first kappa shape index (κ1) is 80.7. The molecule has 0 saturated carbocycles. The fourth-order valence-corrected chi connectivity index (χ4v) is 11.4. The number of nitrogens with zero attached hydrogens (tertiary/aromatic N) is 10. The second-order valence-electron chi connectivity index (χ2n) is 17.3. The van der Waals surface area contributed by atoms with Crippen molar-refractivity contribution < 1.29 is 79.5 Å². The zero-order chi connectivity index (χ0) is 62.1. The molecule has 6 aromatic carbocycles. The minimum atomic E-state index is -5.26. The number of aliphatic hydroxyl groups is 1. The van der Waals surface area contributed by atoms with Gasteiger partial charge in [-0.25, -0.2) is 4.79 Å². The number of aliphatic hydroxyl groups excluding tert-OH is 1. The molecule has 34 nitrogen and oxygen atoms in total. The average molecular weight is 1430 g/mol. The number of halogens is 2. The van der Waals surface area contributed by atoms with Crippen LogP contribution in [0.15, 0.2) is 130 Å². The monoisotopic (exact) mass is 1420 g/mol. The van der Waals surface area contributed by atoms with E-state index in [1.807, 2.05) is 0 Å². The Morgan fingerprint density at radius 1 is 0.544 bits per heavy atom. The van der Waals surface area contributed by atoms with Crippen LogP contribution in [0, 0.1) is 6.92 Å². The Morgan fingerprint density at radius 2 is 1.08 bits per heavy atom. The van der Waals surface area contributed by atoms with Gasteiger partial charge in [-0.1, -0.05) is 12.1 Å². The van der Waals surface area contributed by atoms with E-state index < -0.39 is 104 Å². The molecule has 2 amide bonds. The van der Waals surface area contributed by atoms with Gasteiger partial charge in [0.25, 0.3) is 50.6 Å². The number of methoxy groups -OCH3 is 1. The fourth-order valence-electron chi connectivity index (χ4n) is 7.69. The molecule has 2 aromatic heterocycles. The molecule has 0 spiro atoms. The third-order valence-corrected chi connectivity index (χ3v) is 16.1. The van der Waals surface area contributed by atoms with Gasteiger partial charge in [-0.3, -0.25) is 22.8 Å². The Kier molecular flexibility index (Phi) is 29.3. The molecule has 8 rings (SSSR count). The number of rotatable bonds is 21. The normalized spacial score (nSPS) is 12.2. The molecule has 5 radical (unpaired) electrons. The van der Waals surface area contributed by atoms with Crippen LogP contribution in [-0.4, -0.2) is 280 Å². The van der Waals surface area contributed by atoms with Gasteiger partial charge in [-0.15, -0.1) is 10.2 Å². The first-order valence-corrected chi connectivity index (χ1v) is 30.9. The number of azo groups is 2. The molecule has 0 aliphatic carbocycles. The molecular formula is C44H38Cl2N16Na5O18S5. The van der Waals surface area contributed by atoms with Crippen molar-refractivity contribution in [2.24, 2.45) is 26.2 Å². The van der Waals surface area contributed by atoms with Crippen molar-refractivity contribution in [3.05, 3.63) is 101 Å². The van der Waals surface area contributed by atoms with Gasteiger partial charge in [0.2, 0.25) is 34.4 Å². The SMILES string of the molecule is COc1cc(N=Nc2cc(S(=O)(=O)O)c3cccc(S(=O)(=O)O)c3c2)c(C)cc1Nc1nc(Cl)nc(NCC(O)CNc2nc(Cl)nc(Nc3ccc(N=Nc4cc5c(S(=O)(=O)O)cc(S(=O)(=O)O)cc5cc4S(=O)(=O)O)c(NC(N)=O)c3)n2)n1.[Na].[Na].[Na].[Na].[Na]. The van der Waals surface area contributed by atoms with Gasteiger partial charge in [0.05, 0.1) is 40.9 Å². The largest absolute Gasteiger partial charge is 0.494 e. The van der Waals surface area contributed by atoms with Crippen molar-refractivity contribution in [3.63, 3.8) is 0 Å². The van der Waals surface area contributed by atoms with E-state index in [0.717, 1.165) is 24.3 Å². The van der Waals surface area contributed by atoms with Crippen molar-refractivity contribution in [2.45, 2.75) is 37.5 Å². The number of nitrogens with one attached hydrogen (secondary N) is 5. The molecule has 1 atom stereocenters. The molecule has 13 N–H and O–H groups in total. The topological polar surface area (TPSA) is 531 Å². The summed E-state index contributed by atoms with van der Waals surface area (Å²) in [6.07, 6.45) is -1.21. The number of carbonyl (C=O) groups is 1. The third-order valence-electron chi connectivity index (χ3n) is 11.3. The van der Waals surface area contributed by atoms with E-state index in [-0.39, 0.29) is 246 Å². The smallest absolute Gasteiger partial charge is 0.316 e. The molecule has 451 valence electrons. The van der Waals surface area contributed by atoms with Gasteiger partial charge in [0.1, 0.15) is 36.7 Å². The molecule has 0 bridgehead atoms. The molecule has 0 fully saturated rings. The van der Waals surface area contributed by atoms with Crippen LogP contribution >= 0.6 is 23.2 Å². The van der Waals surface area contributed by atoms with E-state index in [1.165, 1.54) is 43.5 Å². The maximum atomic E-state index is 12.4. The van der Waals surface area contributed by atoms with Crippen LogP contribution < -0.4 is 37.1 Å². The number of ether oxygens (including phenoxy) is 1. The number of carbonyl (C=O) groups excluding carboxylic acids is 1. The third kappa shape index (κ3) is 21.0. The molecule has 0 aliphatic heterocycles. The predicted octanol–water partition coefficient (Wildman–Crippen LogP) is 5.01. The summed E-state index contributed by atoms with van der Waals surface area (Å²) in [4.78, 5) is 32.2. The maximum absolute atomic E-state index is 12.4. The van der Waals surface area contributed by atoms with Gasteiger partial charge in [-0.05, 0) is 108 Å². The van der Waals surface area contributed by atoms with Crippen LogP contribution in [0.3, 0.4) is 0 Å². The van der Waals surface area contributed by atoms with Crippen molar-refractivity contribution in [3.8, 4) is 5.75 Å². The van der Waals surface area contributed by atoms with Crippen LogP contribution in [0.4, 0.5) is 68.4 Å². The van der Waals surface area contributed by atoms with Gasteiger partial charge in [0, 0.05) is 189 Å². The van der Waals surface area contributed by atoms with E-state index in [2.05, 4.69) is 76.9 Å². The quantitative estimate of drug-likeness (QED) is 0.0255. The second kappa shape index (κ2) is 32.7. The first-order valence-electron chi connectivity index (χ1n) is 22.9.